The Morgan fingerprint density at radius 3 is 2.64 bits per heavy atom. The molecule has 0 spiro atoms. The second kappa shape index (κ2) is 3.48. The molecule has 11 heavy (non-hydrogen) atoms. The van der Waals surface area contributed by atoms with Gasteiger partial charge in [-0.3, -0.25) is 4.55 Å². The summed E-state index contributed by atoms with van der Waals surface area (Å²) in [6, 6.07) is 0. The molecule has 0 bridgehead atoms. The van der Waals surface area contributed by atoms with Crippen LogP contribution in [-0.2, 0) is 19.6 Å². The van der Waals surface area contributed by atoms with E-state index < -0.39 is 16.2 Å². The highest BCUT2D eigenvalue weighted by atomic mass is 32.2. The lowest BCUT2D eigenvalue weighted by Crippen LogP contribution is -2.34. The van der Waals surface area contributed by atoms with Gasteiger partial charge in [-0.1, -0.05) is 0 Å². The molecule has 0 saturated carbocycles. The van der Waals surface area contributed by atoms with Crippen molar-refractivity contribution in [3.8, 4) is 0 Å². The van der Waals surface area contributed by atoms with Crippen LogP contribution in [0.1, 0.15) is 0 Å². The number of hydrogen-bond donors (Lipinski definition) is 1. The zero-order chi connectivity index (χ0) is 8.32. The summed E-state index contributed by atoms with van der Waals surface area (Å²) in [5.74, 6) is -0.382. The van der Waals surface area contributed by atoms with E-state index >= 15 is 0 Å². The molecule has 0 aromatic carbocycles. The second-order valence-corrected chi connectivity index (χ2v) is 3.81. The SMILES string of the molecule is O=S(=O)(O)C[C@@H]1COCCO1. The average Bonchev–Trinajstić information content (AvgIpc) is 1.85. The molecule has 0 aliphatic carbocycles. The van der Waals surface area contributed by atoms with Gasteiger partial charge in [-0.05, 0) is 0 Å². The lowest BCUT2D eigenvalue weighted by molar-refractivity contribution is -0.0786. The van der Waals surface area contributed by atoms with Gasteiger partial charge in [-0.15, -0.1) is 0 Å². The highest BCUT2D eigenvalue weighted by molar-refractivity contribution is 7.85. The van der Waals surface area contributed by atoms with Gasteiger partial charge >= 0.3 is 0 Å². The van der Waals surface area contributed by atoms with E-state index in [-0.39, 0.29) is 12.4 Å². The van der Waals surface area contributed by atoms with Crippen molar-refractivity contribution in [3.63, 3.8) is 0 Å². The van der Waals surface area contributed by atoms with E-state index in [9.17, 15) is 8.42 Å². The van der Waals surface area contributed by atoms with Crippen molar-refractivity contribution in [1.29, 1.82) is 0 Å². The third kappa shape index (κ3) is 3.66. The van der Waals surface area contributed by atoms with Crippen molar-refractivity contribution < 1.29 is 22.4 Å². The molecule has 1 N–H and O–H groups in total. The molecule has 66 valence electrons. The largest absolute Gasteiger partial charge is 0.376 e. The van der Waals surface area contributed by atoms with Gasteiger partial charge in [0.05, 0.1) is 25.9 Å². The monoisotopic (exact) mass is 182 g/mol. The maximum atomic E-state index is 10.3. The van der Waals surface area contributed by atoms with Crippen molar-refractivity contribution in [2.45, 2.75) is 6.10 Å². The van der Waals surface area contributed by atoms with Crippen LogP contribution in [0.4, 0.5) is 0 Å². The van der Waals surface area contributed by atoms with E-state index in [1.165, 1.54) is 0 Å². The van der Waals surface area contributed by atoms with Gasteiger partial charge in [0.2, 0.25) is 0 Å². The minimum absolute atomic E-state index is 0.236. The Balaban J connectivity index is 2.36. The molecular weight excluding hydrogens is 172 g/mol. The average molecular weight is 182 g/mol. The standard InChI is InChI=1S/C5H10O5S/c6-11(7,8)4-5-3-9-1-2-10-5/h5H,1-4H2,(H,6,7,8)/t5-/m0/s1. The van der Waals surface area contributed by atoms with Crippen LogP contribution in [0.5, 0.6) is 0 Å². The lowest BCUT2D eigenvalue weighted by Gasteiger charge is -2.21. The first kappa shape index (κ1) is 8.92. The first-order chi connectivity index (χ1) is 5.08. The minimum Gasteiger partial charge on any atom is -0.376 e. The molecule has 0 aromatic heterocycles. The summed E-state index contributed by atoms with van der Waals surface area (Å²) in [6.07, 6.45) is -0.515. The Labute approximate surface area is 65.0 Å². The fourth-order valence-electron chi connectivity index (χ4n) is 0.868. The Kier molecular flexibility index (Phi) is 2.83. The van der Waals surface area contributed by atoms with Crippen molar-refractivity contribution in [3.05, 3.63) is 0 Å². The Morgan fingerprint density at radius 1 is 1.45 bits per heavy atom. The van der Waals surface area contributed by atoms with E-state index in [1.807, 2.05) is 0 Å². The van der Waals surface area contributed by atoms with Crippen LogP contribution < -0.4 is 0 Å². The van der Waals surface area contributed by atoms with E-state index in [2.05, 4.69) is 0 Å². The fourth-order valence-corrected chi connectivity index (χ4v) is 1.53. The normalized spacial score (nSPS) is 26.8. The van der Waals surface area contributed by atoms with Crippen molar-refractivity contribution in [1.82, 2.24) is 0 Å². The molecule has 0 amide bonds. The van der Waals surface area contributed by atoms with Gasteiger partial charge in [0.25, 0.3) is 10.1 Å². The van der Waals surface area contributed by atoms with Gasteiger partial charge < -0.3 is 9.47 Å². The van der Waals surface area contributed by atoms with E-state index in [0.717, 1.165) is 0 Å². The van der Waals surface area contributed by atoms with Crippen LogP contribution in [-0.4, -0.2) is 44.6 Å². The number of hydrogen-bond acceptors (Lipinski definition) is 4. The van der Waals surface area contributed by atoms with Gasteiger partial charge in [0.1, 0.15) is 5.75 Å². The van der Waals surface area contributed by atoms with Crippen LogP contribution in [0, 0.1) is 0 Å². The molecular formula is C5H10O5S. The molecule has 1 saturated heterocycles. The smallest absolute Gasteiger partial charge is 0.267 e. The van der Waals surface area contributed by atoms with Gasteiger partial charge in [0.15, 0.2) is 0 Å². The summed E-state index contributed by atoms with van der Waals surface area (Å²) in [5, 5.41) is 0. The number of rotatable bonds is 2. The molecule has 1 atom stereocenters. The topological polar surface area (TPSA) is 72.8 Å². The predicted molar refractivity (Wildman–Crippen MR) is 37.0 cm³/mol. The maximum Gasteiger partial charge on any atom is 0.267 e. The fraction of sp³-hybridized carbons (Fsp3) is 1.00. The highest BCUT2D eigenvalue weighted by Gasteiger charge is 2.20. The van der Waals surface area contributed by atoms with Crippen molar-refractivity contribution in [2.24, 2.45) is 0 Å². The van der Waals surface area contributed by atoms with E-state index in [0.29, 0.717) is 13.2 Å². The van der Waals surface area contributed by atoms with Crippen LogP contribution in [0.15, 0.2) is 0 Å². The molecule has 1 fully saturated rings. The van der Waals surface area contributed by atoms with E-state index in [1.54, 1.807) is 0 Å². The first-order valence-corrected chi connectivity index (χ1v) is 4.83. The molecule has 5 nitrogen and oxygen atoms in total. The van der Waals surface area contributed by atoms with Gasteiger partial charge in [0, 0.05) is 0 Å². The van der Waals surface area contributed by atoms with Gasteiger partial charge in [-0.2, -0.15) is 8.42 Å². The van der Waals surface area contributed by atoms with Gasteiger partial charge in [-0.25, -0.2) is 0 Å². The molecule has 1 heterocycles. The third-order valence-corrected chi connectivity index (χ3v) is 2.07. The summed E-state index contributed by atoms with van der Waals surface area (Å²) >= 11 is 0. The van der Waals surface area contributed by atoms with Crippen LogP contribution in [0.25, 0.3) is 0 Å². The lowest BCUT2D eigenvalue weighted by atomic mass is 10.4. The Bertz CT molecular complexity index is 203. The molecule has 1 aliphatic heterocycles. The van der Waals surface area contributed by atoms with Crippen LogP contribution >= 0.6 is 0 Å². The summed E-state index contributed by atoms with van der Waals surface area (Å²) in [5.41, 5.74) is 0. The zero-order valence-electron chi connectivity index (χ0n) is 5.89. The highest BCUT2D eigenvalue weighted by Crippen LogP contribution is 2.02. The van der Waals surface area contributed by atoms with Crippen molar-refractivity contribution >= 4 is 10.1 Å². The quantitative estimate of drug-likeness (QED) is 0.571. The molecule has 0 radical (unpaired) electrons. The predicted octanol–water partition coefficient (Wildman–Crippen LogP) is -0.710. The van der Waals surface area contributed by atoms with Crippen LogP contribution in [0.2, 0.25) is 0 Å². The number of ether oxygens (including phenoxy) is 2. The summed E-state index contributed by atoms with van der Waals surface area (Å²) in [7, 11) is -3.93. The maximum absolute atomic E-state index is 10.3. The summed E-state index contributed by atoms with van der Waals surface area (Å²) < 4.78 is 39.0. The molecule has 0 unspecified atom stereocenters. The summed E-state index contributed by atoms with van der Waals surface area (Å²) in [6.45, 7) is 1.11. The third-order valence-electron chi connectivity index (χ3n) is 1.28. The molecule has 0 aromatic rings. The minimum atomic E-state index is -3.93. The molecule has 1 aliphatic rings. The first-order valence-electron chi connectivity index (χ1n) is 3.22. The van der Waals surface area contributed by atoms with Crippen LogP contribution in [0.3, 0.4) is 0 Å². The van der Waals surface area contributed by atoms with Crippen molar-refractivity contribution in [2.75, 3.05) is 25.6 Å². The summed E-state index contributed by atoms with van der Waals surface area (Å²) in [4.78, 5) is 0. The molecule has 1 rings (SSSR count). The van der Waals surface area contributed by atoms with E-state index in [4.69, 9.17) is 14.0 Å². The second-order valence-electron chi connectivity index (χ2n) is 2.32. The Morgan fingerprint density at radius 2 is 2.18 bits per heavy atom. The Hall–Kier alpha value is -0.170. The zero-order valence-corrected chi connectivity index (χ0v) is 6.71. The molecule has 6 heteroatoms.